The van der Waals surface area contributed by atoms with E-state index in [0.29, 0.717) is 5.75 Å². The molecular weight excluding hydrogens is 436 g/mol. The zero-order valence-electron chi connectivity index (χ0n) is 15.9. The topological polar surface area (TPSA) is 104 Å². The maximum Gasteiger partial charge on any atom is 0.263 e. The summed E-state index contributed by atoms with van der Waals surface area (Å²) in [6, 6.07) is 4.72. The molecule has 1 saturated heterocycles. The Hall–Kier alpha value is -3.60. The minimum atomic E-state index is -1.14. The summed E-state index contributed by atoms with van der Waals surface area (Å²) in [6.45, 7) is -0.503. The molecule has 9 nitrogen and oxygen atoms in total. The molecule has 2 heterocycles. The van der Waals surface area contributed by atoms with E-state index in [4.69, 9.17) is 16.3 Å². The van der Waals surface area contributed by atoms with Crippen LogP contribution in [0.1, 0.15) is 0 Å². The van der Waals surface area contributed by atoms with Gasteiger partial charge in [-0.05, 0) is 30.3 Å². The molecule has 12 heteroatoms. The van der Waals surface area contributed by atoms with Gasteiger partial charge in [0.05, 0.1) is 23.5 Å². The van der Waals surface area contributed by atoms with Crippen LogP contribution in [0.3, 0.4) is 0 Å². The molecule has 1 N–H and O–H groups in total. The van der Waals surface area contributed by atoms with E-state index in [9.17, 15) is 23.2 Å². The van der Waals surface area contributed by atoms with Gasteiger partial charge in [0.2, 0.25) is 5.91 Å². The number of halogens is 3. The highest BCUT2D eigenvalue weighted by molar-refractivity contribution is 6.33. The number of hydrogen-bond acceptors (Lipinski definition) is 7. The predicted octanol–water partition coefficient (Wildman–Crippen LogP) is 2.56. The van der Waals surface area contributed by atoms with E-state index in [2.05, 4.69) is 15.7 Å². The molecule has 0 saturated carbocycles. The lowest BCUT2D eigenvalue weighted by Gasteiger charge is -2.20. The molecule has 2 aliphatic heterocycles. The van der Waals surface area contributed by atoms with Crippen LogP contribution in [0.2, 0.25) is 5.02 Å². The summed E-state index contributed by atoms with van der Waals surface area (Å²) in [5.41, 5.74) is -0.141. The third-order valence-corrected chi connectivity index (χ3v) is 5.05. The fourth-order valence-corrected chi connectivity index (χ4v) is 3.58. The van der Waals surface area contributed by atoms with Gasteiger partial charge in [0, 0.05) is 6.07 Å². The van der Waals surface area contributed by atoms with Crippen LogP contribution in [-0.4, -0.2) is 48.5 Å². The Bertz CT molecular complexity index is 1130. The number of fused-ring (bicyclic) bond motifs is 1. The average molecular weight is 450 g/mol. The van der Waals surface area contributed by atoms with Gasteiger partial charge in [0.25, 0.3) is 11.8 Å². The van der Waals surface area contributed by atoms with Crippen LogP contribution >= 0.6 is 11.6 Å². The van der Waals surface area contributed by atoms with E-state index in [-0.39, 0.29) is 16.4 Å². The average Bonchev–Trinajstić information content (AvgIpc) is 3.24. The number of hydrogen-bond donors (Lipinski definition) is 1. The largest absolute Gasteiger partial charge is 0.495 e. The van der Waals surface area contributed by atoms with E-state index in [1.165, 1.54) is 25.3 Å². The third kappa shape index (κ3) is 3.67. The second-order valence-corrected chi connectivity index (χ2v) is 7.10. The zero-order valence-corrected chi connectivity index (χ0v) is 16.6. The maximum absolute atomic E-state index is 13.7. The Labute approximate surface area is 179 Å². The minimum absolute atomic E-state index is 0.202. The number of nitrogens with zero attached hydrogens (tertiary/aromatic N) is 4. The number of ether oxygens (including phenoxy) is 1. The summed E-state index contributed by atoms with van der Waals surface area (Å²) in [7, 11) is 1.43. The standard InChI is InChI=1S/C19H14ClF2N5O4/c1-31-14-5-3-10(7-11(14)20)27-18(29)16-17(19(27)30)26(25-24-16)8-15(28)23-13-6-9(21)2-4-12(13)22/h2-7,16-17H,8H2,1H3,(H,23,28)/t16-,17-/m0/s1. The smallest absolute Gasteiger partial charge is 0.263 e. The molecule has 0 radical (unpaired) electrons. The van der Waals surface area contributed by atoms with E-state index in [1.807, 2.05) is 0 Å². The number of imide groups is 1. The van der Waals surface area contributed by atoms with Gasteiger partial charge in [-0.15, -0.1) is 0 Å². The molecule has 1 fully saturated rings. The van der Waals surface area contributed by atoms with Crippen LogP contribution in [-0.2, 0) is 14.4 Å². The van der Waals surface area contributed by atoms with Crippen LogP contribution in [0.25, 0.3) is 0 Å². The summed E-state index contributed by atoms with van der Waals surface area (Å²) < 4.78 is 32.1. The number of benzene rings is 2. The van der Waals surface area contributed by atoms with Crippen molar-refractivity contribution in [2.75, 3.05) is 23.9 Å². The second-order valence-electron chi connectivity index (χ2n) is 6.70. The first kappa shape index (κ1) is 20.7. The first-order chi connectivity index (χ1) is 14.8. The maximum atomic E-state index is 13.7. The monoisotopic (exact) mass is 449 g/mol. The van der Waals surface area contributed by atoms with Crippen LogP contribution in [0.15, 0.2) is 46.7 Å². The lowest BCUT2D eigenvalue weighted by atomic mass is 10.1. The normalized spacial score (nSPS) is 19.7. The van der Waals surface area contributed by atoms with Gasteiger partial charge in [-0.2, -0.15) is 5.11 Å². The Kier molecular flexibility index (Phi) is 5.27. The number of methoxy groups -OCH3 is 1. The number of carbonyl (C=O) groups is 3. The number of amides is 3. The third-order valence-electron chi connectivity index (χ3n) is 4.76. The number of nitrogens with one attached hydrogen (secondary N) is 1. The summed E-state index contributed by atoms with van der Waals surface area (Å²) >= 11 is 6.09. The minimum Gasteiger partial charge on any atom is -0.495 e. The molecule has 2 aromatic rings. The highest BCUT2D eigenvalue weighted by Crippen LogP contribution is 2.35. The second kappa shape index (κ2) is 7.91. The van der Waals surface area contributed by atoms with Gasteiger partial charge in [0.15, 0.2) is 12.1 Å². The summed E-state index contributed by atoms with van der Waals surface area (Å²) in [5.74, 6) is -3.24. The van der Waals surface area contributed by atoms with E-state index in [1.54, 1.807) is 0 Å². The fraction of sp³-hybridized carbons (Fsp3) is 0.211. The van der Waals surface area contributed by atoms with Crippen molar-refractivity contribution < 1.29 is 27.9 Å². The van der Waals surface area contributed by atoms with E-state index >= 15 is 0 Å². The molecule has 2 atom stereocenters. The molecule has 0 unspecified atom stereocenters. The molecule has 0 spiro atoms. The SMILES string of the molecule is COc1ccc(N2C(=O)[C@H]3N=NN(CC(=O)Nc4cc(F)ccc4F)[C@@H]3C2=O)cc1Cl. The van der Waals surface area contributed by atoms with Crippen LogP contribution in [0.4, 0.5) is 20.2 Å². The van der Waals surface area contributed by atoms with Crippen molar-refractivity contribution in [3.63, 3.8) is 0 Å². The lowest BCUT2D eigenvalue weighted by molar-refractivity contribution is -0.123. The molecule has 160 valence electrons. The van der Waals surface area contributed by atoms with E-state index < -0.39 is 48.0 Å². The molecule has 0 aliphatic carbocycles. The van der Waals surface area contributed by atoms with Gasteiger partial charge in [-0.25, -0.2) is 13.7 Å². The molecular formula is C19H14ClF2N5O4. The fourth-order valence-electron chi connectivity index (χ4n) is 3.33. The number of carbonyl (C=O) groups excluding carboxylic acids is 3. The summed E-state index contributed by atoms with van der Waals surface area (Å²) in [6.07, 6.45) is 0. The van der Waals surface area contributed by atoms with Gasteiger partial charge in [-0.3, -0.25) is 19.4 Å². The Morgan fingerprint density at radius 1 is 1.19 bits per heavy atom. The predicted molar refractivity (Wildman–Crippen MR) is 105 cm³/mol. The van der Waals surface area contributed by atoms with Crippen LogP contribution in [0, 0.1) is 11.6 Å². The Morgan fingerprint density at radius 3 is 2.68 bits per heavy atom. The van der Waals surface area contributed by atoms with Crippen molar-refractivity contribution in [1.29, 1.82) is 0 Å². The van der Waals surface area contributed by atoms with Crippen molar-refractivity contribution in [3.8, 4) is 5.75 Å². The molecule has 2 aliphatic rings. The molecule has 31 heavy (non-hydrogen) atoms. The number of anilines is 2. The van der Waals surface area contributed by atoms with Crippen molar-refractivity contribution in [2.45, 2.75) is 12.1 Å². The summed E-state index contributed by atoms with van der Waals surface area (Å²) in [4.78, 5) is 38.9. The summed E-state index contributed by atoms with van der Waals surface area (Å²) in [5, 5.41) is 11.0. The van der Waals surface area contributed by atoms with Crippen molar-refractivity contribution in [2.24, 2.45) is 10.3 Å². The van der Waals surface area contributed by atoms with Gasteiger partial charge < -0.3 is 10.1 Å². The quantitative estimate of drug-likeness (QED) is 0.706. The lowest BCUT2D eigenvalue weighted by Crippen LogP contribution is -2.43. The van der Waals surface area contributed by atoms with Crippen molar-refractivity contribution in [3.05, 3.63) is 53.1 Å². The van der Waals surface area contributed by atoms with Crippen LogP contribution in [0.5, 0.6) is 5.75 Å². The molecule has 3 amide bonds. The molecule has 0 aromatic heterocycles. The highest BCUT2D eigenvalue weighted by atomic mass is 35.5. The van der Waals surface area contributed by atoms with Gasteiger partial charge in [0.1, 0.15) is 23.9 Å². The Balaban J connectivity index is 1.51. The molecule has 4 rings (SSSR count). The zero-order chi connectivity index (χ0) is 22.3. The molecule has 0 bridgehead atoms. The van der Waals surface area contributed by atoms with Gasteiger partial charge >= 0.3 is 0 Å². The first-order valence-electron chi connectivity index (χ1n) is 8.94. The highest BCUT2D eigenvalue weighted by Gasteiger charge is 2.55. The van der Waals surface area contributed by atoms with E-state index in [0.717, 1.165) is 28.1 Å². The van der Waals surface area contributed by atoms with Crippen molar-refractivity contribution in [1.82, 2.24) is 5.01 Å². The van der Waals surface area contributed by atoms with Crippen molar-refractivity contribution >= 4 is 40.7 Å². The first-order valence-corrected chi connectivity index (χ1v) is 9.31. The molecule has 2 aromatic carbocycles. The Morgan fingerprint density at radius 2 is 1.97 bits per heavy atom. The van der Waals surface area contributed by atoms with Gasteiger partial charge in [-0.1, -0.05) is 16.8 Å². The van der Waals surface area contributed by atoms with Crippen LogP contribution < -0.4 is 15.0 Å². The number of rotatable bonds is 5.